The second kappa shape index (κ2) is 9.89. The zero-order chi connectivity index (χ0) is 20.6. The summed E-state index contributed by atoms with van der Waals surface area (Å²) in [5, 5.41) is 3.48. The Morgan fingerprint density at radius 1 is 0.862 bits per heavy atom. The van der Waals surface area contributed by atoms with Gasteiger partial charge in [-0.1, -0.05) is 47.5 Å². The molecule has 3 rings (SSSR count). The van der Waals surface area contributed by atoms with Crippen LogP contribution in [-0.4, -0.2) is 24.9 Å². The lowest BCUT2D eigenvalue weighted by atomic mass is 10.1. The third-order valence-corrected chi connectivity index (χ3v) is 4.81. The number of hydrogen-bond acceptors (Lipinski definition) is 2. The van der Waals surface area contributed by atoms with Crippen molar-refractivity contribution < 1.29 is 9.59 Å². The number of anilines is 1. The van der Waals surface area contributed by atoms with E-state index in [1.807, 2.05) is 61.5 Å². The minimum Gasteiger partial charge on any atom is -0.352 e. The lowest BCUT2D eigenvalue weighted by molar-refractivity contribution is 0.0953. The number of halogens is 1. The fraction of sp³-hybridized carbons (Fsp3) is 0.167. The first-order valence-corrected chi connectivity index (χ1v) is 9.90. The number of nitrogens with one attached hydrogen (secondary N) is 1. The van der Waals surface area contributed by atoms with E-state index in [0.717, 1.165) is 11.3 Å². The third kappa shape index (κ3) is 5.69. The molecule has 0 aliphatic heterocycles. The van der Waals surface area contributed by atoms with E-state index in [9.17, 15) is 9.59 Å². The maximum absolute atomic E-state index is 13.1. The van der Waals surface area contributed by atoms with Crippen LogP contribution >= 0.6 is 11.6 Å². The number of nitrogens with zero attached hydrogens (tertiary/aromatic N) is 1. The summed E-state index contributed by atoms with van der Waals surface area (Å²) < 4.78 is 0. The Hall–Kier alpha value is -3.11. The van der Waals surface area contributed by atoms with Gasteiger partial charge in [0.1, 0.15) is 0 Å². The van der Waals surface area contributed by atoms with Gasteiger partial charge in [-0.2, -0.15) is 0 Å². The molecule has 0 heterocycles. The monoisotopic (exact) mass is 406 g/mol. The molecule has 0 fully saturated rings. The van der Waals surface area contributed by atoms with Gasteiger partial charge in [0.05, 0.1) is 0 Å². The number of benzene rings is 3. The first-order valence-electron chi connectivity index (χ1n) is 9.52. The van der Waals surface area contributed by atoms with E-state index >= 15 is 0 Å². The third-order valence-electron chi connectivity index (χ3n) is 4.56. The second-order valence-corrected chi connectivity index (χ2v) is 7.21. The summed E-state index contributed by atoms with van der Waals surface area (Å²) in [4.78, 5) is 27.0. The fourth-order valence-electron chi connectivity index (χ4n) is 2.95. The molecule has 3 aromatic rings. The van der Waals surface area contributed by atoms with Crippen LogP contribution in [0, 0.1) is 6.92 Å². The highest BCUT2D eigenvalue weighted by atomic mass is 35.5. The first kappa shape index (κ1) is 20.6. The van der Waals surface area contributed by atoms with Gasteiger partial charge < -0.3 is 10.2 Å². The van der Waals surface area contributed by atoms with Gasteiger partial charge >= 0.3 is 0 Å². The highest BCUT2D eigenvalue weighted by Gasteiger charge is 2.17. The quantitative estimate of drug-likeness (QED) is 0.554. The molecule has 0 atom stereocenters. The van der Waals surface area contributed by atoms with Gasteiger partial charge in [0, 0.05) is 34.9 Å². The molecule has 0 aromatic heterocycles. The van der Waals surface area contributed by atoms with Crippen LogP contribution < -0.4 is 10.2 Å². The van der Waals surface area contributed by atoms with Crippen molar-refractivity contribution in [3.63, 3.8) is 0 Å². The number of carbonyl (C=O) groups excluding carboxylic acids is 2. The molecule has 0 spiro atoms. The number of amides is 2. The zero-order valence-electron chi connectivity index (χ0n) is 16.3. The van der Waals surface area contributed by atoms with Crippen LogP contribution in [0.1, 0.15) is 32.7 Å². The number of rotatable bonds is 7. The largest absolute Gasteiger partial charge is 0.352 e. The van der Waals surface area contributed by atoms with Gasteiger partial charge in [-0.25, -0.2) is 0 Å². The molecule has 4 nitrogen and oxygen atoms in total. The van der Waals surface area contributed by atoms with E-state index in [1.54, 1.807) is 29.2 Å². The first-order chi connectivity index (χ1) is 14.0. The SMILES string of the molecule is Cc1ccc(C(=O)N(CCCNC(=O)c2ccc(Cl)cc2)c2ccccc2)cc1. The van der Waals surface area contributed by atoms with Crippen molar-refractivity contribution in [1.29, 1.82) is 0 Å². The predicted molar refractivity (Wildman–Crippen MR) is 118 cm³/mol. The smallest absolute Gasteiger partial charge is 0.258 e. The van der Waals surface area contributed by atoms with Gasteiger partial charge in [-0.05, 0) is 61.9 Å². The minimum absolute atomic E-state index is 0.0553. The molecule has 0 aliphatic rings. The molecular formula is C24H23ClN2O2. The molecule has 148 valence electrons. The molecule has 0 unspecified atom stereocenters. The van der Waals surface area contributed by atoms with E-state index in [-0.39, 0.29) is 11.8 Å². The van der Waals surface area contributed by atoms with Crippen LogP contribution in [0.4, 0.5) is 5.69 Å². The van der Waals surface area contributed by atoms with Crippen molar-refractivity contribution in [1.82, 2.24) is 5.32 Å². The van der Waals surface area contributed by atoms with Crippen molar-refractivity contribution in [2.75, 3.05) is 18.0 Å². The van der Waals surface area contributed by atoms with E-state index in [4.69, 9.17) is 11.6 Å². The summed E-state index contributed by atoms with van der Waals surface area (Å²) in [6.45, 7) is 2.95. The molecule has 29 heavy (non-hydrogen) atoms. The van der Waals surface area contributed by atoms with Crippen LogP contribution in [-0.2, 0) is 0 Å². The average molecular weight is 407 g/mol. The Morgan fingerprint density at radius 2 is 1.48 bits per heavy atom. The van der Waals surface area contributed by atoms with Crippen LogP contribution in [0.2, 0.25) is 5.02 Å². The summed E-state index contributed by atoms with van der Waals surface area (Å²) in [5.74, 6) is -0.210. The lowest BCUT2D eigenvalue weighted by Gasteiger charge is -2.23. The van der Waals surface area contributed by atoms with Crippen molar-refractivity contribution >= 4 is 29.1 Å². The normalized spacial score (nSPS) is 10.4. The summed E-state index contributed by atoms with van der Waals surface area (Å²) in [6, 6.07) is 23.9. The molecule has 1 N–H and O–H groups in total. The van der Waals surface area contributed by atoms with Crippen LogP contribution in [0.15, 0.2) is 78.9 Å². The lowest BCUT2D eigenvalue weighted by Crippen LogP contribution is -2.34. The average Bonchev–Trinajstić information content (AvgIpc) is 2.75. The molecule has 0 saturated carbocycles. The van der Waals surface area contributed by atoms with Gasteiger partial charge in [0.2, 0.25) is 0 Å². The molecule has 0 bridgehead atoms. The molecule has 5 heteroatoms. The fourth-order valence-corrected chi connectivity index (χ4v) is 3.08. The molecular weight excluding hydrogens is 384 g/mol. The van der Waals surface area contributed by atoms with Crippen LogP contribution in [0.3, 0.4) is 0 Å². The van der Waals surface area contributed by atoms with Crippen molar-refractivity contribution in [3.05, 3.63) is 101 Å². The number of para-hydroxylation sites is 1. The van der Waals surface area contributed by atoms with Gasteiger partial charge in [0.15, 0.2) is 0 Å². The van der Waals surface area contributed by atoms with Gasteiger partial charge in [-0.15, -0.1) is 0 Å². The van der Waals surface area contributed by atoms with Crippen molar-refractivity contribution in [2.24, 2.45) is 0 Å². The molecule has 0 saturated heterocycles. The van der Waals surface area contributed by atoms with Crippen LogP contribution in [0.5, 0.6) is 0 Å². The molecule has 3 aromatic carbocycles. The Balaban J connectivity index is 1.63. The maximum Gasteiger partial charge on any atom is 0.258 e. The Kier molecular flexibility index (Phi) is 7.04. The summed E-state index contributed by atoms with van der Waals surface area (Å²) in [5.41, 5.74) is 3.15. The highest BCUT2D eigenvalue weighted by Crippen LogP contribution is 2.18. The minimum atomic E-state index is -0.155. The van der Waals surface area contributed by atoms with Crippen LogP contribution in [0.25, 0.3) is 0 Å². The zero-order valence-corrected chi connectivity index (χ0v) is 17.0. The van der Waals surface area contributed by atoms with Crippen molar-refractivity contribution in [2.45, 2.75) is 13.3 Å². The maximum atomic E-state index is 13.1. The standard InChI is InChI=1S/C24H23ClN2O2/c1-18-8-10-20(11-9-18)24(29)27(22-6-3-2-4-7-22)17-5-16-26-23(28)19-12-14-21(25)15-13-19/h2-4,6-15H,5,16-17H2,1H3,(H,26,28). The summed E-state index contributed by atoms with van der Waals surface area (Å²) in [7, 11) is 0. The van der Waals surface area contributed by atoms with E-state index < -0.39 is 0 Å². The number of aryl methyl sites for hydroxylation is 1. The van der Waals surface area contributed by atoms with E-state index in [2.05, 4.69) is 5.32 Å². The Labute approximate surface area is 176 Å². The van der Waals surface area contributed by atoms with Crippen molar-refractivity contribution in [3.8, 4) is 0 Å². The molecule has 0 radical (unpaired) electrons. The van der Waals surface area contributed by atoms with E-state index in [1.165, 1.54) is 0 Å². The highest BCUT2D eigenvalue weighted by molar-refractivity contribution is 6.30. The van der Waals surface area contributed by atoms with Gasteiger partial charge in [-0.3, -0.25) is 9.59 Å². The number of hydrogen-bond donors (Lipinski definition) is 1. The molecule has 0 aliphatic carbocycles. The Bertz CT molecular complexity index is 954. The second-order valence-electron chi connectivity index (χ2n) is 6.77. The number of carbonyl (C=O) groups is 2. The molecule has 2 amide bonds. The van der Waals surface area contributed by atoms with E-state index in [0.29, 0.717) is 35.7 Å². The van der Waals surface area contributed by atoms with Gasteiger partial charge in [0.25, 0.3) is 11.8 Å². The summed E-state index contributed by atoms with van der Waals surface area (Å²) in [6.07, 6.45) is 0.631. The predicted octanol–water partition coefficient (Wildman–Crippen LogP) is 5.12. The Morgan fingerprint density at radius 3 is 2.14 bits per heavy atom. The summed E-state index contributed by atoms with van der Waals surface area (Å²) >= 11 is 5.86. The topological polar surface area (TPSA) is 49.4 Å².